The van der Waals surface area contributed by atoms with Gasteiger partial charge in [0.05, 0.1) is 4.92 Å². The van der Waals surface area contributed by atoms with Gasteiger partial charge in [0.25, 0.3) is 5.69 Å². The highest BCUT2D eigenvalue weighted by Crippen LogP contribution is 2.21. The molecule has 0 radical (unpaired) electrons. The van der Waals surface area contributed by atoms with Crippen LogP contribution in [0.3, 0.4) is 0 Å². The number of aromatic nitrogens is 1. The molecule has 1 rings (SSSR count). The summed E-state index contributed by atoms with van der Waals surface area (Å²) in [5.41, 5.74) is -0.393. The van der Waals surface area contributed by atoms with Crippen molar-refractivity contribution in [3.8, 4) is 0 Å². The predicted octanol–water partition coefficient (Wildman–Crippen LogP) is 1.95. The molecule has 0 saturated carbocycles. The number of halogens is 1. The Bertz CT molecular complexity index is 378. The molecule has 68 valence electrons. The van der Waals surface area contributed by atoms with Gasteiger partial charge in [-0.15, -0.1) is 0 Å². The van der Waals surface area contributed by atoms with Gasteiger partial charge in [0.2, 0.25) is 0 Å². The largest absolute Gasteiger partial charge is 0.299 e. The van der Waals surface area contributed by atoms with E-state index in [1.165, 1.54) is 19.2 Å². The number of carbonyl (C=O) groups excluding carboxylic acids is 1. The Morgan fingerprint density at radius 1 is 1.69 bits per heavy atom. The Labute approximate surface area is 82.1 Å². The molecular formula is C7H5BrN2O3. The first-order valence-electron chi connectivity index (χ1n) is 3.33. The van der Waals surface area contributed by atoms with Gasteiger partial charge < -0.3 is 0 Å². The maximum Gasteiger partial charge on any atom is 0.299 e. The highest BCUT2D eigenvalue weighted by Gasteiger charge is 2.18. The maximum absolute atomic E-state index is 10.9. The first-order chi connectivity index (χ1) is 6.02. The number of nitro groups is 1. The molecule has 5 nitrogen and oxygen atoms in total. The molecule has 1 aromatic heterocycles. The van der Waals surface area contributed by atoms with E-state index in [1.54, 1.807) is 0 Å². The van der Waals surface area contributed by atoms with E-state index in [4.69, 9.17) is 0 Å². The summed E-state index contributed by atoms with van der Waals surface area (Å²) in [6.07, 6.45) is 1.35. The number of ketones is 1. The van der Waals surface area contributed by atoms with E-state index in [1.807, 2.05) is 0 Å². The van der Waals surface area contributed by atoms with Crippen molar-refractivity contribution < 1.29 is 9.72 Å². The van der Waals surface area contributed by atoms with E-state index in [-0.39, 0.29) is 11.4 Å². The fourth-order valence-electron chi connectivity index (χ4n) is 0.839. The third kappa shape index (κ3) is 2.09. The van der Waals surface area contributed by atoms with Gasteiger partial charge in [-0.3, -0.25) is 14.9 Å². The molecule has 1 heterocycles. The van der Waals surface area contributed by atoms with Crippen molar-refractivity contribution in [1.82, 2.24) is 4.98 Å². The summed E-state index contributed by atoms with van der Waals surface area (Å²) < 4.78 is 0.476. The Morgan fingerprint density at radius 3 is 2.77 bits per heavy atom. The lowest BCUT2D eigenvalue weighted by atomic mass is 10.2. The smallest absolute Gasteiger partial charge is 0.292 e. The van der Waals surface area contributed by atoms with Crippen LogP contribution in [0.5, 0.6) is 0 Å². The summed E-state index contributed by atoms with van der Waals surface area (Å²) in [5, 5.41) is 10.5. The number of nitrogens with zero attached hydrogens (tertiary/aromatic N) is 2. The SMILES string of the molecule is CC(=O)c1ncc(Br)cc1[N+](=O)[O-]. The molecule has 0 amide bonds. The minimum atomic E-state index is -0.630. The van der Waals surface area contributed by atoms with E-state index >= 15 is 0 Å². The average Bonchev–Trinajstić information content (AvgIpc) is 2.03. The van der Waals surface area contributed by atoms with Gasteiger partial charge in [-0.05, 0) is 15.9 Å². The summed E-state index contributed by atoms with van der Waals surface area (Å²) in [7, 11) is 0. The lowest BCUT2D eigenvalue weighted by Crippen LogP contribution is -2.02. The fourth-order valence-corrected chi connectivity index (χ4v) is 1.16. The van der Waals surface area contributed by atoms with Crippen LogP contribution in [0, 0.1) is 10.1 Å². The molecule has 0 N–H and O–H groups in total. The number of rotatable bonds is 2. The van der Waals surface area contributed by atoms with E-state index in [2.05, 4.69) is 20.9 Å². The minimum Gasteiger partial charge on any atom is -0.292 e. The first-order valence-corrected chi connectivity index (χ1v) is 4.12. The van der Waals surface area contributed by atoms with Crippen molar-refractivity contribution in [3.63, 3.8) is 0 Å². The van der Waals surface area contributed by atoms with Gasteiger partial charge in [-0.25, -0.2) is 4.98 Å². The van der Waals surface area contributed by atoms with Gasteiger partial charge in [0.1, 0.15) is 0 Å². The molecule has 0 fully saturated rings. The Morgan fingerprint density at radius 2 is 2.31 bits per heavy atom. The average molecular weight is 245 g/mol. The molecule has 13 heavy (non-hydrogen) atoms. The van der Waals surface area contributed by atoms with Crippen molar-refractivity contribution in [3.05, 3.63) is 32.5 Å². The third-order valence-corrected chi connectivity index (χ3v) is 1.80. The summed E-state index contributed by atoms with van der Waals surface area (Å²) >= 11 is 3.04. The second-order valence-electron chi connectivity index (χ2n) is 2.33. The summed E-state index contributed by atoms with van der Waals surface area (Å²) in [4.78, 5) is 24.4. The molecule has 0 aliphatic carbocycles. The van der Waals surface area contributed by atoms with Crippen molar-refractivity contribution in [1.29, 1.82) is 0 Å². The van der Waals surface area contributed by atoms with E-state index in [9.17, 15) is 14.9 Å². The van der Waals surface area contributed by atoms with Crippen LogP contribution in [0.2, 0.25) is 0 Å². The molecular weight excluding hydrogens is 240 g/mol. The van der Waals surface area contributed by atoms with Gasteiger partial charge in [0, 0.05) is 23.7 Å². The van der Waals surface area contributed by atoms with Crippen molar-refractivity contribution in [2.24, 2.45) is 0 Å². The maximum atomic E-state index is 10.9. The Kier molecular flexibility index (Phi) is 2.72. The third-order valence-electron chi connectivity index (χ3n) is 1.36. The topological polar surface area (TPSA) is 73.1 Å². The minimum absolute atomic E-state index is 0.117. The first kappa shape index (κ1) is 9.79. The van der Waals surface area contributed by atoms with Gasteiger partial charge >= 0.3 is 0 Å². The molecule has 6 heteroatoms. The van der Waals surface area contributed by atoms with Crippen molar-refractivity contribution in [2.45, 2.75) is 6.92 Å². The monoisotopic (exact) mass is 244 g/mol. The van der Waals surface area contributed by atoms with Crippen LogP contribution < -0.4 is 0 Å². The fraction of sp³-hybridized carbons (Fsp3) is 0.143. The lowest BCUT2D eigenvalue weighted by Gasteiger charge is -1.97. The number of carbonyl (C=O) groups is 1. The van der Waals surface area contributed by atoms with Crippen LogP contribution in [0.1, 0.15) is 17.4 Å². The second-order valence-corrected chi connectivity index (χ2v) is 3.25. The molecule has 0 bridgehead atoms. The standard InChI is InChI=1S/C7H5BrN2O3/c1-4(11)7-6(10(12)13)2-5(8)3-9-7/h2-3H,1H3. The Balaban J connectivity index is 3.35. The summed E-state index contributed by atoms with van der Waals surface area (Å²) in [6, 6.07) is 1.25. The van der Waals surface area contributed by atoms with Crippen molar-refractivity contribution in [2.75, 3.05) is 0 Å². The normalized spacial score (nSPS) is 9.69. The van der Waals surface area contributed by atoms with Crippen LogP contribution >= 0.6 is 15.9 Å². The molecule has 0 aliphatic heterocycles. The molecule has 0 atom stereocenters. The molecule has 0 aromatic carbocycles. The summed E-state index contributed by atoms with van der Waals surface area (Å²) in [6.45, 7) is 1.24. The zero-order valence-electron chi connectivity index (χ0n) is 6.65. The molecule has 0 spiro atoms. The van der Waals surface area contributed by atoms with Crippen LogP contribution in [0.15, 0.2) is 16.7 Å². The van der Waals surface area contributed by atoms with Crippen LogP contribution in [-0.2, 0) is 0 Å². The highest BCUT2D eigenvalue weighted by molar-refractivity contribution is 9.10. The van der Waals surface area contributed by atoms with Gasteiger partial charge in [-0.2, -0.15) is 0 Å². The molecule has 1 aromatic rings. The predicted molar refractivity (Wildman–Crippen MR) is 48.6 cm³/mol. The highest BCUT2D eigenvalue weighted by atomic mass is 79.9. The van der Waals surface area contributed by atoms with E-state index in [0.29, 0.717) is 4.47 Å². The quantitative estimate of drug-likeness (QED) is 0.453. The number of pyridine rings is 1. The summed E-state index contributed by atoms with van der Waals surface area (Å²) in [5.74, 6) is -0.417. The number of hydrogen-bond donors (Lipinski definition) is 0. The zero-order valence-corrected chi connectivity index (χ0v) is 8.24. The Hall–Kier alpha value is -1.30. The van der Waals surface area contributed by atoms with Crippen molar-refractivity contribution >= 4 is 27.4 Å². The van der Waals surface area contributed by atoms with E-state index in [0.717, 1.165) is 0 Å². The molecule has 0 unspecified atom stereocenters. The number of Topliss-reactive ketones (excluding diaryl/α,β-unsaturated/α-hetero) is 1. The number of hydrogen-bond acceptors (Lipinski definition) is 4. The second kappa shape index (κ2) is 3.61. The van der Waals surface area contributed by atoms with Crippen LogP contribution in [0.25, 0.3) is 0 Å². The zero-order chi connectivity index (χ0) is 10.0. The van der Waals surface area contributed by atoms with E-state index < -0.39 is 10.7 Å². The van der Waals surface area contributed by atoms with Gasteiger partial charge in [0.15, 0.2) is 11.5 Å². The molecule has 0 saturated heterocycles. The van der Waals surface area contributed by atoms with Gasteiger partial charge in [-0.1, -0.05) is 0 Å². The van der Waals surface area contributed by atoms with Crippen LogP contribution in [0.4, 0.5) is 5.69 Å². The lowest BCUT2D eigenvalue weighted by molar-refractivity contribution is -0.385. The molecule has 0 aliphatic rings. The van der Waals surface area contributed by atoms with Crippen LogP contribution in [-0.4, -0.2) is 15.7 Å².